The number of carbonyl (C=O) groups excluding carboxylic acids is 1. The molecule has 0 radical (unpaired) electrons. The smallest absolute Gasteiger partial charge is 0.251 e. The van der Waals surface area contributed by atoms with Crippen LogP contribution in [0.5, 0.6) is 0 Å². The van der Waals surface area contributed by atoms with E-state index in [0.717, 1.165) is 35.9 Å². The lowest BCUT2D eigenvalue weighted by atomic mass is 10.1. The van der Waals surface area contributed by atoms with Crippen LogP contribution in [0.4, 0.5) is 0 Å². The molecule has 0 aliphatic rings. The monoisotopic (exact) mass is 400 g/mol. The van der Waals surface area contributed by atoms with Crippen LogP contribution in [0, 0.1) is 0 Å². The molecule has 0 spiro atoms. The summed E-state index contributed by atoms with van der Waals surface area (Å²) in [6, 6.07) is 15.6. The molecule has 0 fully saturated rings. The zero-order valence-corrected chi connectivity index (χ0v) is 17.5. The number of aliphatic imine (C=N–C) groups is 1. The van der Waals surface area contributed by atoms with Crippen molar-refractivity contribution in [2.24, 2.45) is 4.99 Å². The van der Waals surface area contributed by atoms with Crippen molar-refractivity contribution < 1.29 is 4.79 Å². The Bertz CT molecular complexity index is 789. The fourth-order valence-corrected chi connectivity index (χ4v) is 2.74. The molecule has 3 N–H and O–H groups in total. The van der Waals surface area contributed by atoms with E-state index in [9.17, 15) is 4.79 Å². The van der Waals surface area contributed by atoms with Crippen LogP contribution < -0.4 is 16.0 Å². The van der Waals surface area contributed by atoms with Crippen LogP contribution in [0.25, 0.3) is 0 Å². The maximum atomic E-state index is 12.3. The van der Waals surface area contributed by atoms with Gasteiger partial charge in [-0.3, -0.25) is 9.79 Å². The molecule has 0 bridgehead atoms. The van der Waals surface area contributed by atoms with Gasteiger partial charge < -0.3 is 16.0 Å². The summed E-state index contributed by atoms with van der Waals surface area (Å²) in [6.45, 7) is 5.41. The maximum absolute atomic E-state index is 12.3. The molecule has 0 aromatic heterocycles. The van der Waals surface area contributed by atoms with Crippen LogP contribution in [-0.2, 0) is 13.0 Å². The van der Waals surface area contributed by atoms with Gasteiger partial charge in [0.05, 0.1) is 0 Å². The van der Waals surface area contributed by atoms with Crippen molar-refractivity contribution in [2.75, 3.05) is 13.6 Å². The van der Waals surface area contributed by atoms with Gasteiger partial charge in [-0.1, -0.05) is 42.8 Å². The van der Waals surface area contributed by atoms with Crippen molar-refractivity contribution in [3.05, 3.63) is 70.2 Å². The van der Waals surface area contributed by atoms with Crippen molar-refractivity contribution in [2.45, 2.75) is 39.3 Å². The fourth-order valence-electron chi connectivity index (χ4n) is 2.61. The van der Waals surface area contributed by atoms with Crippen molar-refractivity contribution in [1.29, 1.82) is 0 Å². The van der Waals surface area contributed by atoms with Gasteiger partial charge in [0.25, 0.3) is 5.91 Å². The number of nitrogens with one attached hydrogen (secondary N) is 3. The molecular weight excluding hydrogens is 372 g/mol. The molecule has 0 aliphatic heterocycles. The van der Waals surface area contributed by atoms with Crippen molar-refractivity contribution in [3.63, 3.8) is 0 Å². The largest absolute Gasteiger partial charge is 0.356 e. The fraction of sp³-hybridized carbons (Fsp3) is 0.364. The minimum Gasteiger partial charge on any atom is -0.356 e. The minimum absolute atomic E-state index is 0.0401. The predicted molar refractivity (Wildman–Crippen MR) is 117 cm³/mol. The molecule has 2 aromatic carbocycles. The van der Waals surface area contributed by atoms with E-state index in [4.69, 9.17) is 11.6 Å². The van der Waals surface area contributed by atoms with E-state index < -0.39 is 0 Å². The number of nitrogens with zero attached hydrogens (tertiary/aromatic N) is 1. The third-order valence-corrected chi connectivity index (χ3v) is 4.73. The highest BCUT2D eigenvalue weighted by molar-refractivity contribution is 6.30. The second kappa shape index (κ2) is 11.3. The number of amides is 1. The van der Waals surface area contributed by atoms with Crippen LogP contribution in [0.15, 0.2) is 53.5 Å². The Kier molecular flexibility index (Phi) is 8.82. The number of guanidine groups is 1. The summed E-state index contributed by atoms with van der Waals surface area (Å²) >= 11 is 5.91. The first-order valence-corrected chi connectivity index (χ1v) is 9.98. The van der Waals surface area contributed by atoms with E-state index in [1.807, 2.05) is 55.5 Å². The van der Waals surface area contributed by atoms with Gasteiger partial charge in [-0.2, -0.15) is 0 Å². The highest BCUT2D eigenvalue weighted by Gasteiger charge is 2.09. The zero-order valence-electron chi connectivity index (χ0n) is 16.8. The summed E-state index contributed by atoms with van der Waals surface area (Å²) < 4.78 is 0. The lowest BCUT2D eigenvalue weighted by molar-refractivity contribution is 0.0939. The van der Waals surface area contributed by atoms with Crippen LogP contribution in [-0.4, -0.2) is 31.5 Å². The van der Waals surface area contributed by atoms with Crippen LogP contribution >= 0.6 is 11.6 Å². The van der Waals surface area contributed by atoms with E-state index in [0.29, 0.717) is 12.1 Å². The normalized spacial score (nSPS) is 12.4. The van der Waals surface area contributed by atoms with Gasteiger partial charge in [-0.05, 0) is 55.2 Å². The molecule has 2 aromatic rings. The third-order valence-electron chi connectivity index (χ3n) is 4.48. The van der Waals surface area contributed by atoms with Gasteiger partial charge in [-0.15, -0.1) is 0 Å². The SMILES string of the molecule is CCC(C)NC(=O)c1cccc(CNC(=NC)NCCc2ccc(Cl)cc2)c1. The summed E-state index contributed by atoms with van der Waals surface area (Å²) in [6.07, 6.45) is 1.79. The van der Waals surface area contributed by atoms with E-state index in [1.165, 1.54) is 5.56 Å². The number of rotatable bonds is 8. The number of halogens is 1. The van der Waals surface area contributed by atoms with Crippen LogP contribution in [0.3, 0.4) is 0 Å². The molecule has 1 amide bonds. The average Bonchev–Trinajstić information content (AvgIpc) is 2.72. The lowest BCUT2D eigenvalue weighted by Crippen LogP contribution is -2.38. The Balaban J connectivity index is 1.83. The minimum atomic E-state index is -0.0401. The Morgan fingerprint density at radius 2 is 1.86 bits per heavy atom. The molecule has 28 heavy (non-hydrogen) atoms. The van der Waals surface area contributed by atoms with Gasteiger partial charge >= 0.3 is 0 Å². The molecule has 5 nitrogen and oxygen atoms in total. The highest BCUT2D eigenvalue weighted by atomic mass is 35.5. The predicted octanol–water partition coefficient (Wildman–Crippen LogP) is 3.78. The molecular formula is C22H29ClN4O. The molecule has 0 heterocycles. The lowest BCUT2D eigenvalue weighted by Gasteiger charge is -2.14. The Labute approximate surface area is 172 Å². The number of hydrogen-bond donors (Lipinski definition) is 3. The van der Waals surface area contributed by atoms with Crippen LogP contribution in [0.1, 0.15) is 41.8 Å². The molecule has 1 unspecified atom stereocenters. The Hall–Kier alpha value is -2.53. The summed E-state index contributed by atoms with van der Waals surface area (Å²) in [7, 11) is 1.74. The van der Waals surface area contributed by atoms with Gasteiger partial charge in [0.15, 0.2) is 5.96 Å². The summed E-state index contributed by atoms with van der Waals surface area (Å²) in [5.41, 5.74) is 2.91. The highest BCUT2D eigenvalue weighted by Crippen LogP contribution is 2.09. The molecule has 0 saturated carbocycles. The molecule has 2 rings (SSSR count). The molecule has 150 valence electrons. The first kappa shape index (κ1) is 21.8. The third kappa shape index (κ3) is 7.24. The quantitative estimate of drug-likeness (QED) is 0.466. The van der Waals surface area contributed by atoms with Gasteiger partial charge in [0, 0.05) is 36.8 Å². The Morgan fingerprint density at radius 3 is 2.54 bits per heavy atom. The van der Waals surface area contributed by atoms with Crippen molar-refractivity contribution >= 4 is 23.5 Å². The number of hydrogen-bond acceptors (Lipinski definition) is 2. The van der Waals surface area contributed by atoms with E-state index >= 15 is 0 Å². The van der Waals surface area contributed by atoms with Gasteiger partial charge in [-0.25, -0.2) is 0 Å². The second-order valence-corrected chi connectivity index (χ2v) is 7.15. The number of carbonyl (C=O) groups is 1. The molecule has 1 atom stereocenters. The van der Waals surface area contributed by atoms with Crippen molar-refractivity contribution in [3.8, 4) is 0 Å². The summed E-state index contributed by atoms with van der Waals surface area (Å²) in [5, 5.41) is 10.3. The van der Waals surface area contributed by atoms with Gasteiger partial charge in [0.2, 0.25) is 0 Å². The molecule has 0 aliphatic carbocycles. The van der Waals surface area contributed by atoms with E-state index in [-0.39, 0.29) is 11.9 Å². The maximum Gasteiger partial charge on any atom is 0.251 e. The molecule has 0 saturated heterocycles. The first-order valence-electron chi connectivity index (χ1n) is 9.60. The molecule has 6 heteroatoms. The van der Waals surface area contributed by atoms with E-state index in [1.54, 1.807) is 7.05 Å². The van der Waals surface area contributed by atoms with Crippen molar-refractivity contribution in [1.82, 2.24) is 16.0 Å². The van der Waals surface area contributed by atoms with E-state index in [2.05, 4.69) is 27.9 Å². The number of benzene rings is 2. The summed E-state index contributed by atoms with van der Waals surface area (Å²) in [4.78, 5) is 16.5. The topological polar surface area (TPSA) is 65.5 Å². The van der Waals surface area contributed by atoms with Gasteiger partial charge in [0.1, 0.15) is 0 Å². The zero-order chi connectivity index (χ0) is 20.4. The standard InChI is InChI=1S/C22H29ClN4O/c1-4-16(2)27-21(28)19-7-5-6-18(14-19)15-26-22(24-3)25-13-12-17-8-10-20(23)11-9-17/h5-11,14,16H,4,12-13,15H2,1-3H3,(H,27,28)(H2,24,25,26). The summed E-state index contributed by atoms with van der Waals surface area (Å²) in [5.74, 6) is 0.685. The average molecular weight is 401 g/mol. The second-order valence-electron chi connectivity index (χ2n) is 6.71. The first-order chi connectivity index (χ1) is 13.5. The Morgan fingerprint density at radius 1 is 1.11 bits per heavy atom. The van der Waals surface area contributed by atoms with Crippen LogP contribution in [0.2, 0.25) is 5.02 Å².